The van der Waals surface area contributed by atoms with Gasteiger partial charge in [-0.1, -0.05) is 23.5 Å². The number of methoxy groups -OCH3 is 1. The molecule has 0 radical (unpaired) electrons. The molecule has 4 aromatic rings. The predicted molar refractivity (Wildman–Crippen MR) is 134 cm³/mol. The highest BCUT2D eigenvalue weighted by molar-refractivity contribution is 7.22. The van der Waals surface area contributed by atoms with Crippen molar-refractivity contribution in [1.82, 2.24) is 9.97 Å². The van der Waals surface area contributed by atoms with Crippen LogP contribution < -0.4 is 19.1 Å². The smallest absolute Gasteiger partial charge is 0.260 e. The zero-order valence-corrected chi connectivity index (χ0v) is 20.5. The summed E-state index contributed by atoms with van der Waals surface area (Å²) in [5.74, 6) is 1.62. The molecule has 2 aromatic carbocycles. The third-order valence-corrected chi connectivity index (χ3v) is 6.44. The van der Waals surface area contributed by atoms with Crippen LogP contribution in [0.5, 0.6) is 17.2 Å². The van der Waals surface area contributed by atoms with E-state index in [9.17, 15) is 4.79 Å². The maximum Gasteiger partial charge on any atom is 0.260 e. The van der Waals surface area contributed by atoms with Crippen LogP contribution in [0.1, 0.15) is 35.5 Å². The Bertz CT molecular complexity index is 1290. The summed E-state index contributed by atoms with van der Waals surface area (Å²) >= 11 is 1.46. The van der Waals surface area contributed by atoms with Crippen LogP contribution >= 0.6 is 11.3 Å². The number of pyridine rings is 1. The number of amides is 1. The molecule has 0 aliphatic carbocycles. The normalized spacial score (nSPS) is 10.8. The van der Waals surface area contributed by atoms with E-state index in [4.69, 9.17) is 19.2 Å². The second-order valence-electron chi connectivity index (χ2n) is 7.50. The van der Waals surface area contributed by atoms with Crippen LogP contribution in [0.3, 0.4) is 0 Å². The van der Waals surface area contributed by atoms with E-state index in [2.05, 4.69) is 4.98 Å². The minimum atomic E-state index is -0.203. The molecule has 0 bridgehead atoms. The predicted octanol–water partition coefficient (Wildman–Crippen LogP) is 5.65. The quantitative estimate of drug-likeness (QED) is 0.310. The Balaban J connectivity index is 1.79. The zero-order chi connectivity index (χ0) is 24.1. The second kappa shape index (κ2) is 10.5. The minimum absolute atomic E-state index is 0.203. The lowest BCUT2D eigenvalue weighted by Gasteiger charge is -2.20. The molecule has 0 aliphatic rings. The van der Waals surface area contributed by atoms with Crippen molar-refractivity contribution in [3.05, 3.63) is 71.5 Å². The Morgan fingerprint density at radius 2 is 1.76 bits per heavy atom. The first-order valence-corrected chi connectivity index (χ1v) is 11.9. The van der Waals surface area contributed by atoms with Gasteiger partial charge in [0.2, 0.25) is 0 Å². The molecule has 0 N–H and O–H groups in total. The summed E-state index contributed by atoms with van der Waals surface area (Å²) in [7, 11) is 1.62. The summed E-state index contributed by atoms with van der Waals surface area (Å²) in [5.41, 5.74) is 3.05. The van der Waals surface area contributed by atoms with Gasteiger partial charge in [-0.3, -0.25) is 14.7 Å². The highest BCUT2D eigenvalue weighted by atomic mass is 32.1. The molecule has 7 nitrogen and oxygen atoms in total. The summed E-state index contributed by atoms with van der Waals surface area (Å²) in [6.45, 7) is 7.08. The van der Waals surface area contributed by atoms with Gasteiger partial charge in [-0.2, -0.15) is 0 Å². The molecule has 8 heteroatoms. The number of thiazole rings is 1. The molecule has 34 heavy (non-hydrogen) atoms. The van der Waals surface area contributed by atoms with Crippen LogP contribution in [0.4, 0.5) is 5.13 Å². The molecular formula is C26H27N3O4S. The molecule has 0 saturated carbocycles. The van der Waals surface area contributed by atoms with E-state index in [1.807, 2.05) is 51.1 Å². The van der Waals surface area contributed by atoms with Crippen molar-refractivity contribution >= 4 is 32.6 Å². The van der Waals surface area contributed by atoms with E-state index in [0.29, 0.717) is 41.2 Å². The molecule has 2 heterocycles. The number of carbonyl (C=O) groups is 1. The van der Waals surface area contributed by atoms with E-state index in [-0.39, 0.29) is 12.5 Å². The van der Waals surface area contributed by atoms with Crippen molar-refractivity contribution in [2.24, 2.45) is 0 Å². The molecule has 0 saturated heterocycles. The Kier molecular flexibility index (Phi) is 7.27. The van der Waals surface area contributed by atoms with Gasteiger partial charge in [-0.25, -0.2) is 4.98 Å². The van der Waals surface area contributed by atoms with E-state index >= 15 is 0 Å². The highest BCUT2D eigenvalue weighted by Crippen LogP contribution is 2.38. The van der Waals surface area contributed by atoms with Gasteiger partial charge in [-0.05, 0) is 62.7 Å². The molecular weight excluding hydrogens is 450 g/mol. The second-order valence-corrected chi connectivity index (χ2v) is 8.48. The molecule has 0 unspecified atom stereocenters. The van der Waals surface area contributed by atoms with Gasteiger partial charge < -0.3 is 14.2 Å². The summed E-state index contributed by atoms with van der Waals surface area (Å²) in [4.78, 5) is 24.7. The van der Waals surface area contributed by atoms with E-state index in [1.165, 1.54) is 11.3 Å². The average molecular weight is 478 g/mol. The van der Waals surface area contributed by atoms with Crippen LogP contribution in [0, 0.1) is 6.92 Å². The molecule has 0 spiro atoms. The molecule has 176 valence electrons. The SMILES string of the molecule is CCOc1ccc(C(=O)N(Cc2ccccn2)c2nc3c(OC)ccc(C)c3s2)cc1OCC. The fourth-order valence-corrected chi connectivity index (χ4v) is 4.65. The Hall–Kier alpha value is -3.65. The van der Waals surface area contributed by atoms with Crippen LogP contribution in [-0.2, 0) is 6.54 Å². The number of rotatable bonds is 9. The van der Waals surface area contributed by atoms with Crippen molar-refractivity contribution in [2.45, 2.75) is 27.3 Å². The number of carbonyl (C=O) groups excluding carboxylic acids is 1. The van der Waals surface area contributed by atoms with Gasteiger partial charge in [0.25, 0.3) is 5.91 Å². The van der Waals surface area contributed by atoms with Crippen LogP contribution in [0.2, 0.25) is 0 Å². The van der Waals surface area contributed by atoms with Crippen molar-refractivity contribution in [1.29, 1.82) is 0 Å². The van der Waals surface area contributed by atoms with Crippen molar-refractivity contribution in [2.75, 3.05) is 25.2 Å². The summed E-state index contributed by atoms with van der Waals surface area (Å²) in [5, 5.41) is 0.574. The topological polar surface area (TPSA) is 73.8 Å². The maximum absolute atomic E-state index is 13.8. The number of nitrogens with zero attached hydrogens (tertiary/aromatic N) is 3. The first kappa shape index (κ1) is 23.5. The number of hydrogen-bond acceptors (Lipinski definition) is 7. The molecule has 0 atom stereocenters. The van der Waals surface area contributed by atoms with Gasteiger partial charge >= 0.3 is 0 Å². The van der Waals surface area contributed by atoms with Gasteiger partial charge in [0, 0.05) is 11.8 Å². The Morgan fingerprint density at radius 1 is 1.00 bits per heavy atom. The van der Waals surface area contributed by atoms with E-state index in [0.717, 1.165) is 21.5 Å². The first-order chi connectivity index (χ1) is 16.5. The number of aromatic nitrogens is 2. The van der Waals surface area contributed by atoms with Crippen molar-refractivity contribution in [3.8, 4) is 17.2 Å². The van der Waals surface area contributed by atoms with Gasteiger partial charge in [-0.15, -0.1) is 0 Å². The van der Waals surface area contributed by atoms with Crippen LogP contribution in [-0.4, -0.2) is 36.2 Å². The standard InChI is InChI=1S/C26H27N3O4S/c1-5-32-20-13-11-18(15-22(20)33-6-2)25(30)29(16-19-9-7-8-14-27-19)26-28-23-21(31-4)12-10-17(3)24(23)34-26/h7-15H,5-6,16H2,1-4H3. The summed E-state index contributed by atoms with van der Waals surface area (Å²) in [6.07, 6.45) is 1.72. The average Bonchev–Trinajstić information content (AvgIpc) is 3.30. The largest absolute Gasteiger partial charge is 0.494 e. The fourth-order valence-electron chi connectivity index (χ4n) is 3.60. The number of hydrogen-bond donors (Lipinski definition) is 0. The van der Waals surface area contributed by atoms with E-state index < -0.39 is 0 Å². The van der Waals surface area contributed by atoms with Crippen LogP contribution in [0.15, 0.2) is 54.7 Å². The highest BCUT2D eigenvalue weighted by Gasteiger charge is 2.25. The molecule has 0 aliphatic heterocycles. The third-order valence-electron chi connectivity index (χ3n) is 5.22. The van der Waals surface area contributed by atoms with Gasteiger partial charge in [0.15, 0.2) is 16.6 Å². The number of benzene rings is 2. The Labute approximate surface area is 202 Å². The van der Waals surface area contributed by atoms with Crippen LogP contribution in [0.25, 0.3) is 10.2 Å². The summed E-state index contributed by atoms with van der Waals surface area (Å²) in [6, 6.07) is 14.8. The monoisotopic (exact) mass is 477 g/mol. The lowest BCUT2D eigenvalue weighted by Crippen LogP contribution is -2.30. The lowest BCUT2D eigenvalue weighted by atomic mass is 10.1. The first-order valence-electron chi connectivity index (χ1n) is 11.1. The Morgan fingerprint density at radius 3 is 2.47 bits per heavy atom. The maximum atomic E-state index is 13.8. The number of anilines is 1. The molecule has 0 fully saturated rings. The summed E-state index contributed by atoms with van der Waals surface area (Å²) < 4.78 is 17.9. The fraction of sp³-hybridized carbons (Fsp3) is 0.269. The zero-order valence-electron chi connectivity index (χ0n) is 19.7. The molecule has 2 aromatic heterocycles. The number of ether oxygens (including phenoxy) is 3. The van der Waals surface area contributed by atoms with Gasteiger partial charge in [0.05, 0.1) is 37.3 Å². The third kappa shape index (κ3) is 4.82. The number of aryl methyl sites for hydroxylation is 1. The lowest BCUT2D eigenvalue weighted by molar-refractivity contribution is 0.0984. The van der Waals surface area contributed by atoms with Crippen molar-refractivity contribution < 1.29 is 19.0 Å². The molecule has 1 amide bonds. The van der Waals surface area contributed by atoms with E-state index in [1.54, 1.807) is 36.4 Å². The minimum Gasteiger partial charge on any atom is -0.494 e. The molecule has 4 rings (SSSR count). The van der Waals surface area contributed by atoms with Gasteiger partial charge in [0.1, 0.15) is 11.3 Å². The number of fused-ring (bicyclic) bond motifs is 1. The van der Waals surface area contributed by atoms with Crippen molar-refractivity contribution in [3.63, 3.8) is 0 Å².